The summed E-state index contributed by atoms with van der Waals surface area (Å²) in [5.74, 6) is -0.344. The molecule has 26 heavy (non-hydrogen) atoms. The Morgan fingerprint density at radius 1 is 1.27 bits per heavy atom. The lowest BCUT2D eigenvalue weighted by atomic mass is 10.1. The summed E-state index contributed by atoms with van der Waals surface area (Å²) in [7, 11) is 4.08. The third-order valence-electron chi connectivity index (χ3n) is 3.58. The first-order valence-corrected chi connectivity index (χ1v) is 9.79. The Bertz CT molecular complexity index is 730. The summed E-state index contributed by atoms with van der Waals surface area (Å²) in [4.78, 5) is 15.4. The third-order valence-corrected chi connectivity index (χ3v) is 4.93. The van der Waals surface area contributed by atoms with Crippen LogP contribution in [0.4, 0.5) is 5.00 Å². The number of ether oxygens (including phenoxy) is 1. The fraction of sp³-hybridized carbons (Fsp3) is 0.368. The maximum absolute atomic E-state index is 12.3. The van der Waals surface area contributed by atoms with Crippen LogP contribution in [0.15, 0.2) is 36.4 Å². The summed E-state index contributed by atoms with van der Waals surface area (Å²) < 4.78 is 5.18. The zero-order chi connectivity index (χ0) is 18.9. The molecule has 0 saturated carbocycles. The minimum Gasteiger partial charge on any atom is -0.462 e. The number of thiocarbonyl (C=S) groups is 1. The van der Waals surface area contributed by atoms with Crippen LogP contribution < -0.4 is 10.6 Å². The monoisotopic (exact) mass is 391 g/mol. The van der Waals surface area contributed by atoms with Gasteiger partial charge >= 0.3 is 5.97 Å². The number of nitrogens with one attached hydrogen (secondary N) is 2. The molecule has 5 nitrogen and oxygen atoms in total. The molecule has 0 bridgehead atoms. The van der Waals surface area contributed by atoms with Crippen molar-refractivity contribution in [1.29, 1.82) is 0 Å². The van der Waals surface area contributed by atoms with Crippen molar-refractivity contribution in [3.63, 3.8) is 0 Å². The fourth-order valence-corrected chi connectivity index (χ4v) is 3.66. The van der Waals surface area contributed by atoms with E-state index in [2.05, 4.69) is 15.5 Å². The average Bonchev–Trinajstić information content (AvgIpc) is 3.03. The van der Waals surface area contributed by atoms with Gasteiger partial charge in [0.15, 0.2) is 5.11 Å². The van der Waals surface area contributed by atoms with Crippen molar-refractivity contribution in [3.8, 4) is 10.4 Å². The summed E-state index contributed by atoms with van der Waals surface area (Å²) in [6.45, 7) is 3.89. The van der Waals surface area contributed by atoms with Gasteiger partial charge < -0.3 is 20.3 Å². The first-order valence-electron chi connectivity index (χ1n) is 8.57. The van der Waals surface area contributed by atoms with Crippen LogP contribution in [0.2, 0.25) is 0 Å². The van der Waals surface area contributed by atoms with Gasteiger partial charge in [0.2, 0.25) is 0 Å². The topological polar surface area (TPSA) is 53.6 Å². The Hall–Kier alpha value is -1.96. The van der Waals surface area contributed by atoms with Crippen molar-refractivity contribution in [2.45, 2.75) is 13.3 Å². The van der Waals surface area contributed by atoms with Crippen molar-refractivity contribution in [1.82, 2.24) is 10.2 Å². The van der Waals surface area contributed by atoms with Crippen LogP contribution in [0.25, 0.3) is 10.4 Å². The molecular weight excluding hydrogens is 366 g/mol. The number of anilines is 1. The molecule has 0 aliphatic carbocycles. The number of thiophene rings is 1. The highest BCUT2D eigenvalue weighted by atomic mass is 32.1. The van der Waals surface area contributed by atoms with E-state index in [-0.39, 0.29) is 5.97 Å². The highest BCUT2D eigenvalue weighted by molar-refractivity contribution is 7.80. The Balaban J connectivity index is 2.11. The van der Waals surface area contributed by atoms with Crippen molar-refractivity contribution in [3.05, 3.63) is 42.0 Å². The number of hydrogen-bond acceptors (Lipinski definition) is 5. The van der Waals surface area contributed by atoms with Gasteiger partial charge in [0.25, 0.3) is 0 Å². The molecule has 0 aliphatic heterocycles. The lowest BCUT2D eigenvalue weighted by Crippen LogP contribution is -2.31. The zero-order valence-electron chi connectivity index (χ0n) is 15.4. The zero-order valence-corrected chi connectivity index (χ0v) is 17.0. The predicted molar refractivity (Wildman–Crippen MR) is 113 cm³/mol. The number of esters is 1. The van der Waals surface area contributed by atoms with Gasteiger partial charge in [0, 0.05) is 11.4 Å². The predicted octanol–water partition coefficient (Wildman–Crippen LogP) is 3.83. The second-order valence-electron chi connectivity index (χ2n) is 5.98. The third kappa shape index (κ3) is 6.09. The van der Waals surface area contributed by atoms with Gasteiger partial charge in [-0.05, 0) is 57.8 Å². The molecule has 2 N–H and O–H groups in total. The van der Waals surface area contributed by atoms with Crippen LogP contribution in [0.5, 0.6) is 0 Å². The molecule has 2 aromatic rings. The van der Waals surface area contributed by atoms with Crippen molar-refractivity contribution in [2.75, 3.05) is 39.1 Å². The van der Waals surface area contributed by atoms with Gasteiger partial charge in [0.1, 0.15) is 5.00 Å². The second-order valence-corrected chi connectivity index (χ2v) is 7.44. The smallest absolute Gasteiger partial charge is 0.341 e. The van der Waals surface area contributed by atoms with Crippen molar-refractivity contribution in [2.24, 2.45) is 0 Å². The first-order chi connectivity index (χ1) is 12.5. The SMILES string of the molecule is CCOC(=O)c1cc(-c2ccccc2)sc1NC(=S)NCCCN(C)C. The number of carbonyl (C=O) groups excluding carboxylic acids is 1. The quantitative estimate of drug-likeness (QED) is 0.405. The van der Waals surface area contributed by atoms with Gasteiger partial charge in [0.05, 0.1) is 12.2 Å². The lowest BCUT2D eigenvalue weighted by molar-refractivity contribution is 0.0528. The highest BCUT2D eigenvalue weighted by Crippen LogP contribution is 2.35. The summed E-state index contributed by atoms with van der Waals surface area (Å²) in [5, 5.41) is 7.55. The molecular formula is C19H25N3O2S2. The normalized spacial score (nSPS) is 10.6. The number of hydrogen-bond donors (Lipinski definition) is 2. The van der Waals surface area contributed by atoms with E-state index >= 15 is 0 Å². The summed E-state index contributed by atoms with van der Waals surface area (Å²) in [5.41, 5.74) is 1.56. The molecule has 0 radical (unpaired) electrons. The lowest BCUT2D eigenvalue weighted by Gasteiger charge is -2.12. The number of nitrogens with zero attached hydrogens (tertiary/aromatic N) is 1. The van der Waals surface area contributed by atoms with E-state index in [0.717, 1.165) is 30.0 Å². The summed E-state index contributed by atoms with van der Waals surface area (Å²) in [6.07, 6.45) is 0.985. The molecule has 7 heteroatoms. The molecule has 0 spiro atoms. The van der Waals surface area contributed by atoms with E-state index < -0.39 is 0 Å². The molecule has 0 amide bonds. The number of carbonyl (C=O) groups is 1. The van der Waals surface area contributed by atoms with Crippen molar-refractivity contribution >= 4 is 39.6 Å². The van der Waals surface area contributed by atoms with Crippen molar-refractivity contribution < 1.29 is 9.53 Å². The Labute approximate surface area is 164 Å². The molecule has 0 aliphatic rings. The van der Waals surface area contributed by atoms with E-state index in [1.165, 1.54) is 11.3 Å². The highest BCUT2D eigenvalue weighted by Gasteiger charge is 2.18. The fourth-order valence-electron chi connectivity index (χ4n) is 2.33. The van der Waals surface area contributed by atoms with Gasteiger partial charge in [-0.3, -0.25) is 0 Å². The molecule has 0 fully saturated rings. The van der Waals surface area contributed by atoms with Gasteiger partial charge in [-0.15, -0.1) is 11.3 Å². The van der Waals surface area contributed by atoms with Crippen LogP contribution in [0.3, 0.4) is 0 Å². The Kier molecular flexibility index (Phi) is 8.03. The molecule has 1 heterocycles. The Morgan fingerprint density at radius 3 is 2.65 bits per heavy atom. The molecule has 140 valence electrons. The van der Waals surface area contributed by atoms with Crippen LogP contribution in [-0.4, -0.2) is 49.8 Å². The maximum atomic E-state index is 12.3. The van der Waals surface area contributed by atoms with Crippen LogP contribution >= 0.6 is 23.6 Å². The standard InChI is InChI=1S/C19H25N3O2S2/c1-4-24-18(23)15-13-16(14-9-6-5-7-10-14)26-17(15)21-19(25)20-11-8-12-22(2)3/h5-7,9-10,13H,4,8,11-12H2,1-3H3,(H2,20,21,25). The van der Waals surface area contributed by atoms with Crippen LogP contribution in [0, 0.1) is 0 Å². The molecule has 1 aromatic heterocycles. The van der Waals surface area contributed by atoms with Gasteiger partial charge in [-0.2, -0.15) is 0 Å². The van der Waals surface area contributed by atoms with E-state index in [1.807, 2.05) is 50.5 Å². The first kappa shape index (κ1) is 20.4. The molecule has 1 aromatic carbocycles. The van der Waals surface area contributed by atoms with E-state index in [9.17, 15) is 4.79 Å². The molecule has 0 unspecified atom stereocenters. The minimum absolute atomic E-state index is 0.335. The number of benzene rings is 1. The van der Waals surface area contributed by atoms with Crippen LogP contribution in [-0.2, 0) is 4.74 Å². The average molecular weight is 392 g/mol. The van der Waals surface area contributed by atoms with Crippen LogP contribution in [0.1, 0.15) is 23.7 Å². The van der Waals surface area contributed by atoms with E-state index in [4.69, 9.17) is 17.0 Å². The minimum atomic E-state index is -0.344. The largest absolute Gasteiger partial charge is 0.462 e. The molecule has 2 rings (SSSR count). The number of rotatable bonds is 8. The molecule has 0 atom stereocenters. The second kappa shape index (κ2) is 10.3. The molecule has 0 saturated heterocycles. The van der Waals surface area contributed by atoms with Gasteiger partial charge in [-0.25, -0.2) is 4.79 Å². The maximum Gasteiger partial charge on any atom is 0.341 e. The Morgan fingerprint density at radius 2 is 2.00 bits per heavy atom. The van der Waals surface area contributed by atoms with Gasteiger partial charge in [-0.1, -0.05) is 30.3 Å². The summed E-state index contributed by atoms with van der Waals surface area (Å²) >= 11 is 6.86. The van der Waals surface area contributed by atoms with E-state index in [0.29, 0.717) is 22.3 Å². The summed E-state index contributed by atoms with van der Waals surface area (Å²) in [6, 6.07) is 11.8. The van der Waals surface area contributed by atoms with E-state index in [1.54, 1.807) is 6.92 Å².